The predicted molar refractivity (Wildman–Crippen MR) is 182 cm³/mol. The first-order valence-corrected chi connectivity index (χ1v) is 16.5. The van der Waals surface area contributed by atoms with Gasteiger partial charge in [-0.05, 0) is 73.8 Å². The number of amides is 1. The van der Waals surface area contributed by atoms with Gasteiger partial charge in [0.15, 0.2) is 17.3 Å². The molecule has 2 aliphatic rings. The number of nitrogens with zero attached hydrogens (tertiary/aromatic N) is 7. The molecular formula is C36H36ClFN8O2. The summed E-state index contributed by atoms with van der Waals surface area (Å²) in [5.41, 5.74) is 5.94. The Morgan fingerprint density at radius 2 is 1.73 bits per heavy atom. The molecule has 2 aromatic heterocycles. The number of aromatic amines is 1. The van der Waals surface area contributed by atoms with E-state index in [0.29, 0.717) is 19.0 Å². The number of Topliss-reactive ketones (excluding diaryl/α,β-unsaturated/α-hetero) is 1. The van der Waals surface area contributed by atoms with Crippen LogP contribution in [0.3, 0.4) is 0 Å². The van der Waals surface area contributed by atoms with E-state index in [4.69, 9.17) is 11.6 Å². The van der Waals surface area contributed by atoms with E-state index < -0.39 is 17.8 Å². The van der Waals surface area contributed by atoms with E-state index >= 15 is 0 Å². The van der Waals surface area contributed by atoms with Crippen molar-refractivity contribution in [2.45, 2.75) is 37.8 Å². The summed E-state index contributed by atoms with van der Waals surface area (Å²) in [5, 5.41) is 14.9. The van der Waals surface area contributed by atoms with Crippen molar-refractivity contribution in [1.82, 2.24) is 35.0 Å². The largest absolute Gasteiger partial charge is 0.371 e. The Balaban J connectivity index is 1.21. The van der Waals surface area contributed by atoms with Gasteiger partial charge in [-0.15, -0.1) is 5.10 Å². The lowest BCUT2D eigenvalue weighted by molar-refractivity contribution is -0.123. The van der Waals surface area contributed by atoms with Crippen LogP contribution in [0.1, 0.15) is 46.1 Å². The number of carbonyl (C=O) groups is 2. The van der Waals surface area contributed by atoms with Crippen LogP contribution < -0.4 is 4.90 Å². The molecule has 0 bridgehead atoms. The van der Waals surface area contributed by atoms with E-state index in [2.05, 4.69) is 50.5 Å². The maximum atomic E-state index is 14.8. The second-order valence-corrected chi connectivity index (χ2v) is 13.0. The lowest BCUT2D eigenvalue weighted by Gasteiger charge is -2.41. The summed E-state index contributed by atoms with van der Waals surface area (Å²) in [5.74, 6) is -1.21. The summed E-state index contributed by atoms with van der Waals surface area (Å²) in [6, 6.07) is 18.1. The lowest BCUT2D eigenvalue weighted by Crippen LogP contribution is -2.46. The number of benzene rings is 3. The van der Waals surface area contributed by atoms with Crippen LogP contribution in [0.2, 0.25) is 5.02 Å². The molecule has 7 rings (SSSR count). The van der Waals surface area contributed by atoms with E-state index in [1.807, 2.05) is 42.6 Å². The minimum absolute atomic E-state index is 0.0157. The zero-order valence-corrected chi connectivity index (χ0v) is 27.6. The van der Waals surface area contributed by atoms with Gasteiger partial charge in [0.25, 0.3) is 5.91 Å². The summed E-state index contributed by atoms with van der Waals surface area (Å²) in [6.45, 7) is 2.17. The van der Waals surface area contributed by atoms with Crippen LogP contribution in [-0.4, -0.2) is 86.5 Å². The standard InChI is InChI=1S/C36H36ClFN8O2/c1-43(2)26-13-16-44(17-14-26)31-7-3-5-28-27(31)15-18-45(36(48)30-22-46(42-41-30)32-8-4-6-29(37)34(32)38)35(28)33(47)19-23-9-11-24(12-10-23)25-20-39-40-21-25/h3-12,20-22,26,35H,13-19H2,1-2H3,(H,39,40)/t35-/m1/s1. The first kappa shape index (κ1) is 31.7. The molecule has 0 unspecified atom stereocenters. The number of nitrogens with one attached hydrogen (secondary N) is 1. The number of halogens is 2. The second-order valence-electron chi connectivity index (χ2n) is 12.6. The molecule has 1 saturated heterocycles. The van der Waals surface area contributed by atoms with Crippen LogP contribution in [0.15, 0.2) is 79.3 Å². The van der Waals surface area contributed by atoms with Crippen molar-refractivity contribution in [2.75, 3.05) is 38.6 Å². The fourth-order valence-electron chi connectivity index (χ4n) is 6.95. The van der Waals surface area contributed by atoms with Crippen LogP contribution in [-0.2, 0) is 17.6 Å². The molecule has 3 aromatic carbocycles. The molecule has 5 aromatic rings. The van der Waals surface area contributed by atoms with E-state index in [1.54, 1.807) is 17.2 Å². The van der Waals surface area contributed by atoms with Gasteiger partial charge >= 0.3 is 0 Å². The smallest absolute Gasteiger partial charge is 0.276 e. The molecule has 0 radical (unpaired) electrons. The minimum atomic E-state index is -0.831. The van der Waals surface area contributed by atoms with Gasteiger partial charge in [-0.2, -0.15) is 5.10 Å². The highest BCUT2D eigenvalue weighted by Gasteiger charge is 2.38. The zero-order chi connectivity index (χ0) is 33.4. The van der Waals surface area contributed by atoms with E-state index in [-0.39, 0.29) is 28.6 Å². The number of hydrogen-bond acceptors (Lipinski definition) is 7. The highest BCUT2D eigenvalue weighted by Crippen LogP contribution is 2.38. The van der Waals surface area contributed by atoms with Gasteiger partial charge in [0.2, 0.25) is 0 Å². The van der Waals surface area contributed by atoms with Crippen LogP contribution in [0.5, 0.6) is 0 Å². The zero-order valence-electron chi connectivity index (χ0n) is 26.8. The molecule has 0 spiro atoms. The van der Waals surface area contributed by atoms with Gasteiger partial charge in [0, 0.05) is 49.5 Å². The average Bonchev–Trinajstić information content (AvgIpc) is 3.82. The number of anilines is 1. The molecule has 246 valence electrons. The Labute approximate surface area is 283 Å². The van der Waals surface area contributed by atoms with Gasteiger partial charge in [-0.1, -0.05) is 59.3 Å². The van der Waals surface area contributed by atoms with E-state index in [0.717, 1.165) is 59.4 Å². The molecule has 1 N–H and O–H groups in total. The first-order chi connectivity index (χ1) is 23.3. The third-order valence-corrected chi connectivity index (χ3v) is 9.84. The van der Waals surface area contributed by atoms with Crippen LogP contribution in [0, 0.1) is 5.82 Å². The number of fused-ring (bicyclic) bond motifs is 1. The van der Waals surface area contributed by atoms with Crippen LogP contribution in [0.4, 0.5) is 10.1 Å². The molecular weight excluding hydrogens is 631 g/mol. The lowest BCUT2D eigenvalue weighted by atomic mass is 9.86. The highest BCUT2D eigenvalue weighted by molar-refractivity contribution is 6.30. The Morgan fingerprint density at radius 1 is 0.979 bits per heavy atom. The van der Waals surface area contributed by atoms with Crippen LogP contribution >= 0.6 is 11.6 Å². The monoisotopic (exact) mass is 666 g/mol. The molecule has 10 nitrogen and oxygen atoms in total. The quantitative estimate of drug-likeness (QED) is 0.232. The summed E-state index contributed by atoms with van der Waals surface area (Å²) in [7, 11) is 4.25. The van der Waals surface area contributed by atoms with Crippen molar-refractivity contribution in [1.29, 1.82) is 0 Å². The Kier molecular flexibility index (Phi) is 8.81. The van der Waals surface area contributed by atoms with Crippen molar-refractivity contribution in [3.8, 4) is 16.8 Å². The third-order valence-electron chi connectivity index (χ3n) is 9.55. The van der Waals surface area contributed by atoms with Crippen molar-refractivity contribution in [3.05, 3.63) is 112 Å². The number of carbonyl (C=O) groups excluding carboxylic acids is 2. The summed E-state index contributed by atoms with van der Waals surface area (Å²) in [4.78, 5) is 34.8. The van der Waals surface area contributed by atoms with E-state index in [9.17, 15) is 14.0 Å². The van der Waals surface area contributed by atoms with Crippen molar-refractivity contribution in [3.63, 3.8) is 0 Å². The first-order valence-electron chi connectivity index (χ1n) is 16.1. The maximum Gasteiger partial charge on any atom is 0.276 e. The fourth-order valence-corrected chi connectivity index (χ4v) is 7.12. The molecule has 2 aliphatic heterocycles. The molecule has 1 fully saturated rings. The fraction of sp³-hybridized carbons (Fsp3) is 0.306. The Hall–Kier alpha value is -4.87. The predicted octanol–water partition coefficient (Wildman–Crippen LogP) is 5.53. The average molecular weight is 667 g/mol. The Bertz CT molecular complexity index is 1930. The SMILES string of the molecule is CN(C)C1CCN(c2cccc3c2CCN(C(=O)c2cn(-c4cccc(Cl)c4F)nn2)[C@H]3C(=O)Cc2ccc(-c3cn[nH]c3)cc2)CC1. The molecule has 48 heavy (non-hydrogen) atoms. The van der Waals surface area contributed by atoms with Crippen molar-refractivity contribution < 1.29 is 14.0 Å². The molecule has 0 aliphatic carbocycles. The van der Waals surface area contributed by atoms with Crippen molar-refractivity contribution in [2.24, 2.45) is 0 Å². The van der Waals surface area contributed by atoms with Gasteiger partial charge < -0.3 is 14.7 Å². The van der Waals surface area contributed by atoms with Crippen molar-refractivity contribution >= 4 is 29.0 Å². The highest BCUT2D eigenvalue weighted by atomic mass is 35.5. The number of piperidine rings is 1. The van der Waals surface area contributed by atoms with Gasteiger partial charge in [-0.3, -0.25) is 14.7 Å². The van der Waals surface area contributed by atoms with Crippen LogP contribution in [0.25, 0.3) is 16.8 Å². The summed E-state index contributed by atoms with van der Waals surface area (Å²) in [6.07, 6.45) is 7.79. The molecule has 1 amide bonds. The molecule has 12 heteroatoms. The van der Waals surface area contributed by atoms with Gasteiger partial charge in [0.1, 0.15) is 11.7 Å². The minimum Gasteiger partial charge on any atom is -0.371 e. The molecule has 0 saturated carbocycles. The number of rotatable bonds is 8. The number of hydrogen-bond donors (Lipinski definition) is 1. The third kappa shape index (κ3) is 6.11. The maximum absolute atomic E-state index is 14.8. The number of ketones is 1. The summed E-state index contributed by atoms with van der Waals surface area (Å²) >= 11 is 5.99. The number of aromatic nitrogens is 5. The topological polar surface area (TPSA) is 103 Å². The molecule has 4 heterocycles. The van der Waals surface area contributed by atoms with Gasteiger partial charge in [-0.25, -0.2) is 9.07 Å². The van der Waals surface area contributed by atoms with E-state index in [1.165, 1.54) is 23.0 Å². The molecule has 1 atom stereocenters. The van der Waals surface area contributed by atoms with Gasteiger partial charge in [0.05, 0.1) is 17.4 Å². The number of H-pyrrole nitrogens is 1. The summed E-state index contributed by atoms with van der Waals surface area (Å²) < 4.78 is 16.0. The normalized spacial score (nSPS) is 16.7. The second kappa shape index (κ2) is 13.3. The Morgan fingerprint density at radius 3 is 2.46 bits per heavy atom.